The number of allylic oxidation sites excluding steroid dienone is 1. The zero-order valence-corrected chi connectivity index (χ0v) is 8.47. The molecule has 0 aromatic heterocycles. The summed E-state index contributed by atoms with van der Waals surface area (Å²) in [7, 11) is 1.95. The van der Waals surface area contributed by atoms with Crippen LogP contribution in [0.3, 0.4) is 0 Å². The monoisotopic (exact) mass is 189 g/mol. The maximum Gasteiger partial charge on any atom is 0.119 e. The van der Waals surface area contributed by atoms with Crippen molar-refractivity contribution in [3.8, 4) is 11.8 Å². The van der Waals surface area contributed by atoms with E-state index in [0.717, 1.165) is 31.8 Å². The van der Waals surface area contributed by atoms with Gasteiger partial charge >= 0.3 is 0 Å². The minimum Gasteiger partial charge on any atom is -0.493 e. The van der Waals surface area contributed by atoms with Gasteiger partial charge in [0.15, 0.2) is 0 Å². The van der Waals surface area contributed by atoms with E-state index in [1.54, 1.807) is 0 Å². The summed E-state index contributed by atoms with van der Waals surface area (Å²) in [6.07, 6.45) is 6.13. The molecule has 0 fully saturated rings. The molecule has 2 rings (SSSR count). The lowest BCUT2D eigenvalue weighted by molar-refractivity contribution is 0.257. The summed E-state index contributed by atoms with van der Waals surface area (Å²) in [5.41, 5.74) is 1.36. The number of ether oxygens (including phenoxy) is 1. The number of hydrogen-bond acceptors (Lipinski definition) is 2. The Labute approximate surface area is 85.0 Å². The van der Waals surface area contributed by atoms with Gasteiger partial charge in [0.1, 0.15) is 5.76 Å². The summed E-state index contributed by atoms with van der Waals surface area (Å²) < 4.78 is 5.52. The zero-order chi connectivity index (χ0) is 9.80. The van der Waals surface area contributed by atoms with E-state index in [1.165, 1.54) is 5.57 Å². The van der Waals surface area contributed by atoms with Crippen molar-refractivity contribution in [1.29, 1.82) is 0 Å². The number of rotatable bonds is 2. The molecule has 1 aliphatic carbocycles. The van der Waals surface area contributed by atoms with Crippen molar-refractivity contribution >= 4 is 0 Å². The van der Waals surface area contributed by atoms with Crippen molar-refractivity contribution in [2.24, 2.45) is 5.92 Å². The van der Waals surface area contributed by atoms with Gasteiger partial charge in [0.2, 0.25) is 0 Å². The van der Waals surface area contributed by atoms with E-state index >= 15 is 0 Å². The summed E-state index contributed by atoms with van der Waals surface area (Å²) in [4.78, 5) is 0. The van der Waals surface area contributed by atoms with Gasteiger partial charge in [0.05, 0.1) is 12.5 Å². The fourth-order valence-corrected chi connectivity index (χ4v) is 1.73. The Hall–Kier alpha value is -1.20. The average molecular weight is 189 g/mol. The van der Waals surface area contributed by atoms with Crippen molar-refractivity contribution < 1.29 is 4.74 Å². The van der Waals surface area contributed by atoms with E-state index in [-0.39, 0.29) is 0 Å². The molecule has 1 N–H and O–H groups in total. The maximum atomic E-state index is 5.52. The Morgan fingerprint density at radius 3 is 3.43 bits per heavy atom. The average Bonchev–Trinajstić information content (AvgIpc) is 2.57. The fraction of sp³-hybridized carbons (Fsp3) is 0.500. The lowest BCUT2D eigenvalue weighted by Crippen LogP contribution is -2.16. The first-order valence-electron chi connectivity index (χ1n) is 5.06. The summed E-state index contributed by atoms with van der Waals surface area (Å²) in [5, 5.41) is 3.13. The molecule has 2 heteroatoms. The highest BCUT2D eigenvalue weighted by Crippen LogP contribution is 2.24. The molecule has 1 heterocycles. The second-order valence-corrected chi connectivity index (χ2v) is 3.59. The quantitative estimate of drug-likeness (QED) is 0.664. The Balaban J connectivity index is 2.13. The Bertz CT molecular complexity index is 330. The first-order valence-corrected chi connectivity index (χ1v) is 5.06. The second kappa shape index (κ2) is 4.34. The molecule has 74 valence electrons. The molecule has 1 atom stereocenters. The molecule has 1 unspecified atom stereocenters. The summed E-state index contributed by atoms with van der Waals surface area (Å²) in [6, 6.07) is 0. The smallest absolute Gasteiger partial charge is 0.119 e. The predicted molar refractivity (Wildman–Crippen MR) is 56.5 cm³/mol. The SMILES string of the molecule is CNCC1C#CCC2=C(/C=C\1)OCC2. The van der Waals surface area contributed by atoms with Crippen LogP contribution in [0.4, 0.5) is 0 Å². The van der Waals surface area contributed by atoms with Gasteiger partial charge in [-0.05, 0) is 18.7 Å². The highest BCUT2D eigenvalue weighted by molar-refractivity contribution is 5.31. The van der Waals surface area contributed by atoms with Gasteiger partial charge in [-0.15, -0.1) is 0 Å². The molecule has 0 amide bonds. The summed E-state index contributed by atoms with van der Waals surface area (Å²) >= 11 is 0. The van der Waals surface area contributed by atoms with Crippen molar-refractivity contribution in [3.63, 3.8) is 0 Å². The molecule has 2 nitrogen and oxygen atoms in total. The molecule has 0 aromatic rings. The first kappa shape index (κ1) is 9.36. The van der Waals surface area contributed by atoms with Crippen LogP contribution in [0.15, 0.2) is 23.5 Å². The summed E-state index contributed by atoms with van der Waals surface area (Å²) in [6.45, 7) is 1.74. The molecule has 0 saturated carbocycles. The van der Waals surface area contributed by atoms with Gasteiger partial charge < -0.3 is 10.1 Å². The topological polar surface area (TPSA) is 21.3 Å². The fourth-order valence-electron chi connectivity index (χ4n) is 1.73. The lowest BCUT2D eigenvalue weighted by Gasteiger charge is -2.07. The molecule has 0 bridgehead atoms. The maximum absolute atomic E-state index is 5.52. The molecular weight excluding hydrogens is 174 g/mol. The molecule has 14 heavy (non-hydrogen) atoms. The van der Waals surface area contributed by atoms with Crippen molar-refractivity contribution in [1.82, 2.24) is 5.32 Å². The lowest BCUT2D eigenvalue weighted by atomic mass is 10.0. The van der Waals surface area contributed by atoms with Crippen LogP contribution in [0.2, 0.25) is 0 Å². The van der Waals surface area contributed by atoms with E-state index in [4.69, 9.17) is 4.74 Å². The second-order valence-electron chi connectivity index (χ2n) is 3.59. The Morgan fingerprint density at radius 1 is 1.64 bits per heavy atom. The number of nitrogens with one attached hydrogen (secondary N) is 1. The molecule has 2 aliphatic rings. The van der Waals surface area contributed by atoms with Crippen LogP contribution in [-0.4, -0.2) is 20.2 Å². The minimum absolute atomic E-state index is 0.318. The van der Waals surface area contributed by atoms with E-state index in [9.17, 15) is 0 Å². The van der Waals surface area contributed by atoms with Crippen LogP contribution < -0.4 is 5.32 Å². The summed E-state index contributed by atoms with van der Waals surface area (Å²) in [5.74, 6) is 7.83. The molecular formula is C12H15NO. The van der Waals surface area contributed by atoms with Crippen LogP contribution in [0.25, 0.3) is 0 Å². The molecule has 0 saturated heterocycles. The predicted octanol–water partition coefficient (Wildman–Crippen LogP) is 1.46. The van der Waals surface area contributed by atoms with Crippen LogP contribution >= 0.6 is 0 Å². The normalized spacial score (nSPS) is 26.8. The van der Waals surface area contributed by atoms with Gasteiger partial charge in [-0.2, -0.15) is 0 Å². The molecule has 0 radical (unpaired) electrons. The minimum atomic E-state index is 0.318. The van der Waals surface area contributed by atoms with Crippen LogP contribution in [0, 0.1) is 17.8 Å². The Kier molecular flexibility index (Phi) is 2.90. The standard InChI is InChI=1S/C12H15NO/c1-13-9-10-3-2-4-11-7-8-14-12(11)6-5-10/h5-6,10,13H,4,7-9H2,1H3/b6-5-. The van der Waals surface area contributed by atoms with E-state index in [1.807, 2.05) is 7.05 Å². The van der Waals surface area contributed by atoms with Crippen LogP contribution in [-0.2, 0) is 4.74 Å². The van der Waals surface area contributed by atoms with Crippen LogP contribution in [0.5, 0.6) is 0 Å². The van der Waals surface area contributed by atoms with Gasteiger partial charge in [0.25, 0.3) is 0 Å². The van der Waals surface area contributed by atoms with Gasteiger partial charge in [-0.1, -0.05) is 17.9 Å². The van der Waals surface area contributed by atoms with E-state index in [2.05, 4.69) is 29.3 Å². The molecule has 0 spiro atoms. The van der Waals surface area contributed by atoms with E-state index < -0.39 is 0 Å². The van der Waals surface area contributed by atoms with Gasteiger partial charge in [-0.3, -0.25) is 0 Å². The van der Waals surface area contributed by atoms with Gasteiger partial charge in [0, 0.05) is 19.4 Å². The van der Waals surface area contributed by atoms with E-state index in [0.29, 0.717) is 5.92 Å². The van der Waals surface area contributed by atoms with Gasteiger partial charge in [-0.25, -0.2) is 0 Å². The first-order chi connectivity index (χ1) is 6.90. The number of hydrogen-bond donors (Lipinski definition) is 1. The molecule has 0 aromatic carbocycles. The zero-order valence-electron chi connectivity index (χ0n) is 8.47. The largest absolute Gasteiger partial charge is 0.493 e. The highest BCUT2D eigenvalue weighted by Gasteiger charge is 2.14. The van der Waals surface area contributed by atoms with Crippen molar-refractivity contribution in [3.05, 3.63) is 23.5 Å². The highest BCUT2D eigenvalue weighted by atomic mass is 16.5. The Morgan fingerprint density at radius 2 is 2.57 bits per heavy atom. The third kappa shape index (κ3) is 2.00. The van der Waals surface area contributed by atoms with Crippen molar-refractivity contribution in [2.45, 2.75) is 12.8 Å². The third-order valence-electron chi connectivity index (χ3n) is 2.50. The molecule has 1 aliphatic heterocycles. The third-order valence-corrected chi connectivity index (χ3v) is 2.50. The van der Waals surface area contributed by atoms with Crippen LogP contribution in [0.1, 0.15) is 12.8 Å². The van der Waals surface area contributed by atoms with Crippen molar-refractivity contribution in [2.75, 3.05) is 20.2 Å².